The van der Waals surface area contributed by atoms with E-state index in [9.17, 15) is 25.6 Å². The van der Waals surface area contributed by atoms with Crippen LogP contribution in [-0.2, 0) is 26.1 Å². The highest BCUT2D eigenvalue weighted by Crippen LogP contribution is 2.45. The quantitative estimate of drug-likeness (QED) is 0.746. The van der Waals surface area contributed by atoms with Crippen LogP contribution in [0.4, 0.5) is 8.78 Å². The van der Waals surface area contributed by atoms with Crippen molar-refractivity contribution in [2.75, 3.05) is 0 Å². The average Bonchev–Trinajstić information content (AvgIpc) is 2.43. The zero-order chi connectivity index (χ0) is 20.2. The van der Waals surface area contributed by atoms with Gasteiger partial charge in [-0.25, -0.2) is 25.6 Å². The molecular weight excluding hydrogens is 384 g/mol. The first-order valence-electron chi connectivity index (χ1n) is 8.30. The summed E-state index contributed by atoms with van der Waals surface area (Å²) in [5.41, 5.74) is 0.301. The van der Waals surface area contributed by atoms with Gasteiger partial charge in [-0.3, -0.25) is 4.98 Å². The van der Waals surface area contributed by atoms with Crippen molar-refractivity contribution in [3.63, 3.8) is 0 Å². The fourth-order valence-corrected chi connectivity index (χ4v) is 6.30. The van der Waals surface area contributed by atoms with Crippen LogP contribution in [0.25, 0.3) is 0 Å². The van der Waals surface area contributed by atoms with Crippen LogP contribution in [0.3, 0.4) is 0 Å². The Hall–Kier alpha value is -1.09. The molecule has 0 radical (unpaired) electrons. The van der Waals surface area contributed by atoms with Crippen LogP contribution in [0.15, 0.2) is 23.2 Å². The van der Waals surface area contributed by atoms with Gasteiger partial charge in [-0.05, 0) is 46.8 Å². The van der Waals surface area contributed by atoms with Crippen molar-refractivity contribution in [1.82, 2.24) is 4.98 Å². The first-order valence-corrected chi connectivity index (χ1v) is 11.3. The van der Waals surface area contributed by atoms with Gasteiger partial charge in [0, 0.05) is 31.2 Å². The summed E-state index contributed by atoms with van der Waals surface area (Å²) in [6.07, 6.45) is -0.0473. The minimum Gasteiger partial charge on any atom is -0.261 e. The highest BCUT2D eigenvalue weighted by Gasteiger charge is 2.55. The molecule has 0 atom stereocenters. The molecule has 1 aliphatic carbocycles. The van der Waals surface area contributed by atoms with E-state index in [0.29, 0.717) is 5.69 Å². The van der Waals surface area contributed by atoms with Crippen LogP contribution < -0.4 is 0 Å². The monoisotopic (exact) mass is 409 g/mol. The zero-order valence-corrected chi connectivity index (χ0v) is 17.2. The first kappa shape index (κ1) is 21.2. The van der Waals surface area contributed by atoms with Gasteiger partial charge in [0.25, 0.3) is 5.92 Å². The molecule has 1 heterocycles. The van der Waals surface area contributed by atoms with E-state index in [2.05, 4.69) is 4.98 Å². The van der Waals surface area contributed by atoms with Gasteiger partial charge >= 0.3 is 0 Å². The van der Waals surface area contributed by atoms with E-state index < -0.39 is 53.2 Å². The lowest BCUT2D eigenvalue weighted by molar-refractivity contribution is -0.0689. The fraction of sp³-hybridized carbons (Fsp3) is 0.706. The molecule has 1 saturated carbocycles. The topological polar surface area (TPSA) is 81.2 Å². The standard InChI is InChI=1S/C17H25F2NO4S2/c1-15(2,3)25(21,22)13-6-7-20-12(8-13)9-16(4,5)26(23,24)14-10-17(18,19)11-14/h6-8,14H,9-11H2,1-5H3. The Morgan fingerprint density at radius 1 is 1.12 bits per heavy atom. The second kappa shape index (κ2) is 6.22. The predicted molar refractivity (Wildman–Crippen MR) is 95.8 cm³/mol. The summed E-state index contributed by atoms with van der Waals surface area (Å²) < 4.78 is 74.4. The third kappa shape index (κ3) is 3.78. The number of hydrogen-bond acceptors (Lipinski definition) is 5. The average molecular weight is 410 g/mol. The maximum atomic E-state index is 13.1. The van der Waals surface area contributed by atoms with Crippen LogP contribution in [0, 0.1) is 0 Å². The lowest BCUT2D eigenvalue weighted by atomic mass is 9.94. The summed E-state index contributed by atoms with van der Waals surface area (Å²) in [5, 5.41) is -1.08. The van der Waals surface area contributed by atoms with Gasteiger partial charge in [0.2, 0.25) is 0 Å². The van der Waals surface area contributed by atoms with Crippen molar-refractivity contribution in [2.45, 2.75) is 79.4 Å². The van der Waals surface area contributed by atoms with E-state index in [1.54, 1.807) is 20.8 Å². The molecule has 5 nitrogen and oxygen atoms in total. The van der Waals surface area contributed by atoms with Gasteiger partial charge in [0.15, 0.2) is 19.7 Å². The number of sulfone groups is 2. The molecule has 0 aromatic carbocycles. The molecular formula is C17H25F2NO4S2. The van der Waals surface area contributed by atoms with Crippen LogP contribution in [0.2, 0.25) is 0 Å². The molecule has 2 rings (SSSR count). The van der Waals surface area contributed by atoms with E-state index in [-0.39, 0.29) is 11.3 Å². The number of rotatable bonds is 5. The summed E-state index contributed by atoms with van der Waals surface area (Å²) in [7, 11) is -7.42. The van der Waals surface area contributed by atoms with Crippen molar-refractivity contribution in [1.29, 1.82) is 0 Å². The molecule has 0 amide bonds. The Labute approximate surface area is 154 Å². The van der Waals surface area contributed by atoms with Crippen LogP contribution >= 0.6 is 0 Å². The number of alkyl halides is 2. The van der Waals surface area contributed by atoms with E-state index in [4.69, 9.17) is 0 Å². The van der Waals surface area contributed by atoms with Gasteiger partial charge < -0.3 is 0 Å². The molecule has 0 saturated heterocycles. The number of halogens is 2. The van der Waals surface area contributed by atoms with Gasteiger partial charge in [0.1, 0.15) is 0 Å². The predicted octanol–water partition coefficient (Wildman–Crippen LogP) is 3.19. The Morgan fingerprint density at radius 2 is 1.65 bits per heavy atom. The van der Waals surface area contributed by atoms with Crippen LogP contribution in [0.5, 0.6) is 0 Å². The third-order valence-corrected chi connectivity index (χ3v) is 10.2. The molecule has 1 aromatic heterocycles. The van der Waals surface area contributed by atoms with Gasteiger partial charge in [-0.1, -0.05) is 0 Å². The first-order chi connectivity index (χ1) is 11.5. The minimum atomic E-state index is -3.82. The normalized spacial score (nSPS) is 19.2. The Kier molecular flexibility index (Phi) is 5.08. The van der Waals surface area contributed by atoms with Crippen molar-refractivity contribution < 1.29 is 25.6 Å². The van der Waals surface area contributed by atoms with Crippen LogP contribution in [-0.4, -0.2) is 42.5 Å². The number of aromatic nitrogens is 1. The summed E-state index contributed by atoms with van der Waals surface area (Å²) in [5.74, 6) is -2.92. The maximum Gasteiger partial charge on any atom is 0.250 e. The smallest absolute Gasteiger partial charge is 0.250 e. The van der Waals surface area contributed by atoms with Crippen molar-refractivity contribution in [3.8, 4) is 0 Å². The molecule has 148 valence electrons. The fourth-order valence-electron chi connectivity index (χ4n) is 2.89. The van der Waals surface area contributed by atoms with Crippen molar-refractivity contribution in [3.05, 3.63) is 24.0 Å². The minimum absolute atomic E-state index is 0.0507. The van der Waals surface area contributed by atoms with E-state index in [1.807, 2.05) is 0 Å². The number of hydrogen-bond donors (Lipinski definition) is 0. The molecule has 0 bridgehead atoms. The highest BCUT2D eigenvalue weighted by molar-refractivity contribution is 7.93. The molecule has 0 aliphatic heterocycles. The van der Waals surface area contributed by atoms with E-state index in [1.165, 1.54) is 32.2 Å². The molecule has 1 aromatic rings. The maximum absolute atomic E-state index is 13.1. The van der Waals surface area contributed by atoms with Crippen LogP contribution in [0.1, 0.15) is 53.2 Å². The van der Waals surface area contributed by atoms with E-state index >= 15 is 0 Å². The summed E-state index contributed by atoms with van der Waals surface area (Å²) in [4.78, 5) is 4.16. The summed E-state index contributed by atoms with van der Waals surface area (Å²) in [6.45, 7) is 7.66. The molecule has 1 fully saturated rings. The second-order valence-electron chi connectivity index (χ2n) is 8.47. The highest BCUT2D eigenvalue weighted by atomic mass is 32.2. The van der Waals surface area contributed by atoms with Crippen molar-refractivity contribution >= 4 is 19.7 Å². The molecule has 9 heteroatoms. The van der Waals surface area contributed by atoms with E-state index in [0.717, 1.165) is 0 Å². The number of pyridine rings is 1. The SMILES string of the molecule is CC(C)(C)S(=O)(=O)c1ccnc(CC(C)(C)S(=O)(=O)C2CC(F)(F)C2)c1. The zero-order valence-electron chi connectivity index (χ0n) is 15.6. The van der Waals surface area contributed by atoms with Gasteiger partial charge in [-0.2, -0.15) is 0 Å². The molecule has 0 unspecified atom stereocenters. The van der Waals surface area contributed by atoms with Gasteiger partial charge in [-0.15, -0.1) is 0 Å². The third-order valence-electron chi connectivity index (χ3n) is 4.77. The van der Waals surface area contributed by atoms with Gasteiger partial charge in [0.05, 0.1) is 19.6 Å². The number of nitrogens with zero attached hydrogens (tertiary/aromatic N) is 1. The van der Waals surface area contributed by atoms with Crippen molar-refractivity contribution in [2.24, 2.45) is 0 Å². The Morgan fingerprint density at radius 3 is 2.12 bits per heavy atom. The summed E-state index contributed by atoms with van der Waals surface area (Å²) in [6, 6.07) is 2.74. The molecule has 0 N–H and O–H groups in total. The second-order valence-corrected chi connectivity index (χ2v) is 14.0. The largest absolute Gasteiger partial charge is 0.261 e. The Balaban J connectivity index is 2.30. The Bertz CT molecular complexity index is 893. The molecule has 26 heavy (non-hydrogen) atoms. The summed E-state index contributed by atoms with van der Waals surface area (Å²) >= 11 is 0. The lowest BCUT2D eigenvalue weighted by Gasteiger charge is -2.39. The lowest BCUT2D eigenvalue weighted by Crippen LogP contribution is -2.51. The molecule has 0 spiro atoms. The molecule has 1 aliphatic rings.